The molecule has 0 radical (unpaired) electrons. The molecule has 3 aliphatic heterocycles. The molecule has 2 unspecified atom stereocenters. The summed E-state index contributed by atoms with van der Waals surface area (Å²) in [5.41, 5.74) is 1.93. The monoisotopic (exact) mass is 447 g/mol. The molecule has 8 heteroatoms. The zero-order valence-corrected chi connectivity index (χ0v) is 18.6. The first-order valence-corrected chi connectivity index (χ1v) is 11.7. The number of carbonyl (C=O) groups excluding carboxylic acids is 1. The first-order valence-electron chi connectivity index (χ1n) is 10.9. The minimum absolute atomic E-state index is 0.0269. The number of amidine groups is 1. The van der Waals surface area contributed by atoms with Gasteiger partial charge in [-0.05, 0) is 43.4 Å². The van der Waals surface area contributed by atoms with E-state index >= 15 is 0 Å². The van der Waals surface area contributed by atoms with Gasteiger partial charge in [0.1, 0.15) is 17.4 Å². The Morgan fingerprint density at radius 1 is 1.20 bits per heavy atom. The fraction of sp³-hybridized carbons (Fsp3) is 0.545. The normalized spacial score (nSPS) is 26.0. The van der Waals surface area contributed by atoms with Crippen LogP contribution in [-0.4, -0.2) is 47.0 Å². The molecule has 1 aromatic rings. The van der Waals surface area contributed by atoms with Gasteiger partial charge in [-0.25, -0.2) is 9.79 Å². The Kier molecular flexibility index (Phi) is 5.31. The van der Waals surface area contributed by atoms with E-state index in [4.69, 9.17) is 28.2 Å². The third-order valence-corrected chi connectivity index (χ3v) is 7.25. The average Bonchev–Trinajstić information content (AvgIpc) is 3.46. The molecule has 1 aliphatic carbocycles. The van der Waals surface area contributed by atoms with Gasteiger partial charge < -0.3 is 10.6 Å². The molecule has 4 aliphatic rings. The summed E-state index contributed by atoms with van der Waals surface area (Å²) in [5, 5.41) is 8.50. The number of hydrogen-bond donors (Lipinski definition) is 2. The van der Waals surface area contributed by atoms with Crippen LogP contribution in [0.1, 0.15) is 44.6 Å². The van der Waals surface area contributed by atoms with E-state index in [1.54, 1.807) is 0 Å². The Hall–Kier alpha value is -1.92. The molecule has 2 N–H and O–H groups in total. The standard InChI is InChI=1S/C22H27Cl2N5O/c1-2-10-28-21-18(26-19(27-21)13-6-3-4-7-13)20-25-14(12-29(20)22(28)30)11-15-16(23)8-5-9-17(15)24/h5,8-9,13-14,21,25H,2-4,6-7,10-12H2,1H3,(H,26,27). The first-order chi connectivity index (χ1) is 14.6. The summed E-state index contributed by atoms with van der Waals surface area (Å²) >= 11 is 12.8. The van der Waals surface area contributed by atoms with Crippen LogP contribution in [0.25, 0.3) is 0 Å². The molecule has 2 fully saturated rings. The highest BCUT2D eigenvalue weighted by molar-refractivity contribution is 6.36. The van der Waals surface area contributed by atoms with Crippen LogP contribution in [0.15, 0.2) is 34.7 Å². The van der Waals surface area contributed by atoms with Crippen molar-refractivity contribution in [2.24, 2.45) is 10.9 Å². The summed E-state index contributed by atoms with van der Waals surface area (Å²) in [4.78, 5) is 22.1. The van der Waals surface area contributed by atoms with Crippen molar-refractivity contribution in [3.8, 4) is 0 Å². The molecule has 1 saturated heterocycles. The van der Waals surface area contributed by atoms with E-state index in [2.05, 4.69) is 17.6 Å². The second kappa shape index (κ2) is 7.97. The van der Waals surface area contributed by atoms with Gasteiger partial charge in [-0.15, -0.1) is 0 Å². The van der Waals surface area contributed by atoms with E-state index in [1.807, 2.05) is 28.0 Å². The van der Waals surface area contributed by atoms with Crippen molar-refractivity contribution in [3.05, 3.63) is 45.3 Å². The lowest BCUT2D eigenvalue weighted by Crippen LogP contribution is -2.53. The number of benzene rings is 1. The van der Waals surface area contributed by atoms with Gasteiger partial charge in [-0.3, -0.25) is 9.80 Å². The third-order valence-electron chi connectivity index (χ3n) is 6.54. The highest BCUT2D eigenvalue weighted by Crippen LogP contribution is 2.36. The molecule has 30 heavy (non-hydrogen) atoms. The quantitative estimate of drug-likeness (QED) is 0.705. The largest absolute Gasteiger partial charge is 0.365 e. The van der Waals surface area contributed by atoms with Crippen LogP contribution in [0.3, 0.4) is 0 Å². The SMILES string of the molecule is CCCN1C(=O)N2CC(Cc3c(Cl)cccc3Cl)NC2=C2NC(C3CCCC3)=NC21. The maximum atomic E-state index is 13.3. The molecule has 1 saturated carbocycles. The third kappa shape index (κ3) is 3.34. The van der Waals surface area contributed by atoms with Gasteiger partial charge in [-0.1, -0.05) is 49.0 Å². The number of urea groups is 1. The van der Waals surface area contributed by atoms with Gasteiger partial charge in [0.15, 0.2) is 6.17 Å². The second-order valence-electron chi connectivity index (χ2n) is 8.59. The van der Waals surface area contributed by atoms with Gasteiger partial charge in [0.05, 0.1) is 0 Å². The van der Waals surface area contributed by atoms with Crippen molar-refractivity contribution in [2.45, 2.75) is 57.7 Å². The Morgan fingerprint density at radius 3 is 2.63 bits per heavy atom. The minimum Gasteiger partial charge on any atom is -0.365 e. The second-order valence-corrected chi connectivity index (χ2v) is 9.40. The summed E-state index contributed by atoms with van der Waals surface area (Å²) in [5.74, 6) is 2.40. The summed E-state index contributed by atoms with van der Waals surface area (Å²) in [7, 11) is 0. The maximum absolute atomic E-state index is 13.3. The number of hydrogen-bond acceptors (Lipinski definition) is 4. The van der Waals surface area contributed by atoms with Crippen LogP contribution in [0.5, 0.6) is 0 Å². The van der Waals surface area contributed by atoms with Crippen LogP contribution >= 0.6 is 23.2 Å². The summed E-state index contributed by atoms with van der Waals surface area (Å²) < 4.78 is 0. The Labute approximate surface area is 187 Å². The zero-order valence-electron chi connectivity index (χ0n) is 17.1. The van der Waals surface area contributed by atoms with Crippen molar-refractivity contribution in [1.82, 2.24) is 20.4 Å². The molecule has 2 amide bonds. The lowest BCUT2D eigenvalue weighted by molar-refractivity contribution is 0.146. The van der Waals surface area contributed by atoms with Crippen LogP contribution in [0.4, 0.5) is 4.79 Å². The van der Waals surface area contributed by atoms with E-state index in [9.17, 15) is 4.79 Å². The van der Waals surface area contributed by atoms with Crippen molar-refractivity contribution in [3.63, 3.8) is 0 Å². The topological polar surface area (TPSA) is 60.0 Å². The molecule has 160 valence electrons. The Bertz CT molecular complexity index is 904. The van der Waals surface area contributed by atoms with Crippen molar-refractivity contribution >= 4 is 35.1 Å². The smallest absolute Gasteiger partial charge is 0.327 e. The molecule has 0 spiro atoms. The molecule has 0 bridgehead atoms. The molecule has 5 rings (SSSR count). The Balaban J connectivity index is 1.44. The Morgan fingerprint density at radius 2 is 1.93 bits per heavy atom. The average molecular weight is 448 g/mol. The van der Waals surface area contributed by atoms with Crippen molar-refractivity contribution < 1.29 is 4.79 Å². The van der Waals surface area contributed by atoms with Gasteiger partial charge in [0.25, 0.3) is 0 Å². The molecule has 2 atom stereocenters. The fourth-order valence-corrected chi connectivity index (χ4v) is 5.63. The lowest BCUT2D eigenvalue weighted by Gasteiger charge is -2.36. The number of aliphatic imine (C=N–C) groups is 1. The van der Waals surface area contributed by atoms with E-state index in [-0.39, 0.29) is 18.2 Å². The molecule has 0 aromatic heterocycles. The number of rotatable bonds is 5. The number of fused-ring (bicyclic) bond motifs is 2. The highest BCUT2D eigenvalue weighted by atomic mass is 35.5. The maximum Gasteiger partial charge on any atom is 0.327 e. The zero-order chi connectivity index (χ0) is 20.8. The number of amides is 2. The van der Waals surface area contributed by atoms with E-state index in [0.717, 1.165) is 29.3 Å². The van der Waals surface area contributed by atoms with Gasteiger partial charge >= 0.3 is 6.03 Å². The van der Waals surface area contributed by atoms with E-state index in [1.165, 1.54) is 25.7 Å². The molecule has 3 heterocycles. The van der Waals surface area contributed by atoms with Crippen molar-refractivity contribution in [1.29, 1.82) is 0 Å². The number of nitrogens with one attached hydrogen (secondary N) is 2. The number of halogens is 2. The van der Waals surface area contributed by atoms with Crippen molar-refractivity contribution in [2.75, 3.05) is 13.1 Å². The van der Waals surface area contributed by atoms with Crippen LogP contribution in [0.2, 0.25) is 10.0 Å². The minimum atomic E-state index is -0.241. The van der Waals surface area contributed by atoms with Crippen LogP contribution in [0, 0.1) is 5.92 Å². The predicted molar refractivity (Wildman–Crippen MR) is 120 cm³/mol. The molecular formula is C22H27Cl2N5O. The summed E-state index contributed by atoms with van der Waals surface area (Å²) in [6, 6.07) is 5.65. The fourth-order valence-electron chi connectivity index (χ4n) is 5.08. The number of carbonyl (C=O) groups is 1. The highest BCUT2D eigenvalue weighted by Gasteiger charge is 2.47. The van der Waals surface area contributed by atoms with Gasteiger partial charge in [0, 0.05) is 35.1 Å². The summed E-state index contributed by atoms with van der Waals surface area (Å²) in [6.45, 7) is 3.38. The molecule has 1 aromatic carbocycles. The molecule has 6 nitrogen and oxygen atoms in total. The van der Waals surface area contributed by atoms with Crippen LogP contribution in [-0.2, 0) is 6.42 Å². The first kappa shape index (κ1) is 20.0. The molecular weight excluding hydrogens is 421 g/mol. The summed E-state index contributed by atoms with van der Waals surface area (Å²) in [6.07, 6.45) is 6.18. The number of nitrogens with zero attached hydrogens (tertiary/aromatic N) is 3. The van der Waals surface area contributed by atoms with Crippen LogP contribution < -0.4 is 10.6 Å². The van der Waals surface area contributed by atoms with Gasteiger partial charge in [-0.2, -0.15) is 0 Å². The van der Waals surface area contributed by atoms with E-state index in [0.29, 0.717) is 35.5 Å². The lowest BCUT2D eigenvalue weighted by atomic mass is 10.1. The van der Waals surface area contributed by atoms with E-state index < -0.39 is 0 Å². The van der Waals surface area contributed by atoms with Gasteiger partial charge in [0.2, 0.25) is 0 Å². The predicted octanol–water partition coefficient (Wildman–Crippen LogP) is 4.34.